The van der Waals surface area contributed by atoms with Crippen molar-refractivity contribution in [1.82, 2.24) is 28.7 Å². The molecule has 3 aromatic heterocycles. The van der Waals surface area contributed by atoms with Crippen molar-refractivity contribution in [1.29, 1.82) is 0 Å². The molecule has 0 bridgehead atoms. The number of carbonyl (C=O) groups is 1. The first-order valence-corrected chi connectivity index (χ1v) is 9.33. The summed E-state index contributed by atoms with van der Waals surface area (Å²) < 4.78 is 3.60. The highest BCUT2D eigenvalue weighted by Gasteiger charge is 2.17. The molecule has 11 heteroatoms. The van der Waals surface area contributed by atoms with E-state index in [4.69, 9.17) is 0 Å². The molecule has 1 amide bonds. The summed E-state index contributed by atoms with van der Waals surface area (Å²) in [6.45, 7) is 1.25. The summed E-state index contributed by atoms with van der Waals surface area (Å²) in [6, 6.07) is 8.11. The van der Waals surface area contributed by atoms with Crippen LogP contribution in [0.3, 0.4) is 0 Å². The third-order valence-electron chi connectivity index (χ3n) is 4.79. The third-order valence-corrected chi connectivity index (χ3v) is 4.79. The molecule has 11 nitrogen and oxygen atoms in total. The molecule has 4 aromatic rings. The van der Waals surface area contributed by atoms with Crippen molar-refractivity contribution in [2.24, 2.45) is 14.1 Å². The summed E-state index contributed by atoms with van der Waals surface area (Å²) in [5.41, 5.74) is 0.561. The lowest BCUT2D eigenvalue weighted by atomic mass is 10.2. The van der Waals surface area contributed by atoms with Gasteiger partial charge in [0.25, 0.3) is 11.1 Å². The minimum absolute atomic E-state index is 0.228. The topological polar surface area (TPSA) is 137 Å². The van der Waals surface area contributed by atoms with Crippen LogP contribution in [0.25, 0.3) is 22.6 Å². The normalized spacial score (nSPS) is 11.1. The molecule has 3 heterocycles. The molecule has 158 valence electrons. The molecule has 0 aliphatic rings. The number of hydrogen-bond acceptors (Lipinski definition) is 6. The number of nitrogens with one attached hydrogen (secondary N) is 2. The Morgan fingerprint density at radius 2 is 1.94 bits per heavy atom. The molecule has 2 N–H and O–H groups in total. The molecule has 0 saturated heterocycles. The Balaban J connectivity index is 1.63. The summed E-state index contributed by atoms with van der Waals surface area (Å²) in [5, 5.41) is 2.67. The first kappa shape index (κ1) is 20.0. The Bertz CT molecular complexity index is 1510. The first-order chi connectivity index (χ1) is 14.7. The van der Waals surface area contributed by atoms with Crippen LogP contribution in [0.2, 0.25) is 0 Å². The van der Waals surface area contributed by atoms with E-state index in [0.29, 0.717) is 22.8 Å². The van der Waals surface area contributed by atoms with Crippen LogP contribution in [0.1, 0.15) is 5.69 Å². The van der Waals surface area contributed by atoms with Gasteiger partial charge in [0.15, 0.2) is 11.2 Å². The average Bonchev–Trinajstić information content (AvgIpc) is 3.11. The molecule has 1 aromatic carbocycles. The van der Waals surface area contributed by atoms with E-state index in [1.807, 2.05) is 0 Å². The maximum atomic E-state index is 12.7. The maximum absolute atomic E-state index is 12.7. The molecule has 0 spiro atoms. The monoisotopic (exact) mass is 421 g/mol. The van der Waals surface area contributed by atoms with Crippen LogP contribution in [0.4, 0.5) is 5.69 Å². The van der Waals surface area contributed by atoms with Gasteiger partial charge in [0, 0.05) is 37.1 Å². The number of carbonyl (C=O) groups excluding carboxylic acids is 1. The molecule has 0 unspecified atom stereocenters. The highest BCUT2D eigenvalue weighted by Crippen LogP contribution is 2.18. The van der Waals surface area contributed by atoms with E-state index in [-0.39, 0.29) is 16.7 Å². The van der Waals surface area contributed by atoms with Crippen molar-refractivity contribution in [2.45, 2.75) is 13.5 Å². The lowest BCUT2D eigenvalue weighted by Gasteiger charge is -2.10. The van der Waals surface area contributed by atoms with Gasteiger partial charge in [0.05, 0.1) is 6.33 Å². The molecule has 31 heavy (non-hydrogen) atoms. The smallest absolute Gasteiger partial charge is 0.328 e. The van der Waals surface area contributed by atoms with Crippen LogP contribution in [0.5, 0.6) is 0 Å². The van der Waals surface area contributed by atoms with Gasteiger partial charge in [-0.1, -0.05) is 12.1 Å². The van der Waals surface area contributed by atoms with Gasteiger partial charge in [-0.3, -0.25) is 19.0 Å². The molecular weight excluding hydrogens is 402 g/mol. The number of fused-ring (bicyclic) bond motifs is 1. The summed E-state index contributed by atoms with van der Waals surface area (Å²) in [5.74, 6) is -0.184. The van der Waals surface area contributed by atoms with Gasteiger partial charge in [-0.25, -0.2) is 19.3 Å². The van der Waals surface area contributed by atoms with Crippen LogP contribution >= 0.6 is 0 Å². The largest absolute Gasteiger partial charge is 0.332 e. The lowest BCUT2D eigenvalue weighted by molar-refractivity contribution is -0.116. The fourth-order valence-electron chi connectivity index (χ4n) is 3.34. The van der Waals surface area contributed by atoms with Crippen molar-refractivity contribution in [3.63, 3.8) is 0 Å². The summed E-state index contributed by atoms with van der Waals surface area (Å²) in [4.78, 5) is 60.6. The molecule has 0 radical (unpaired) electrons. The summed E-state index contributed by atoms with van der Waals surface area (Å²) in [7, 11) is 3.13. The second-order valence-corrected chi connectivity index (χ2v) is 7.12. The number of imidazole rings is 1. The van der Waals surface area contributed by atoms with Gasteiger partial charge in [-0.15, -0.1) is 0 Å². The number of anilines is 1. The van der Waals surface area contributed by atoms with Crippen molar-refractivity contribution in [2.75, 3.05) is 5.32 Å². The zero-order valence-corrected chi connectivity index (χ0v) is 17.0. The highest BCUT2D eigenvalue weighted by atomic mass is 16.2. The van der Waals surface area contributed by atoms with E-state index in [0.717, 1.165) is 4.57 Å². The number of aromatic nitrogens is 6. The molecule has 4 rings (SSSR count). The van der Waals surface area contributed by atoms with E-state index >= 15 is 0 Å². The zero-order valence-electron chi connectivity index (χ0n) is 17.0. The Kier molecular flexibility index (Phi) is 4.85. The Hall–Kier alpha value is -4.28. The van der Waals surface area contributed by atoms with Crippen molar-refractivity contribution < 1.29 is 4.79 Å². The Morgan fingerprint density at radius 3 is 2.68 bits per heavy atom. The van der Waals surface area contributed by atoms with Gasteiger partial charge in [0.1, 0.15) is 12.4 Å². The van der Waals surface area contributed by atoms with Gasteiger partial charge < -0.3 is 14.9 Å². The number of hydrogen-bond donors (Lipinski definition) is 2. The fraction of sp³-hybridized carbons (Fsp3) is 0.200. The number of benzene rings is 1. The molecule has 0 fully saturated rings. The van der Waals surface area contributed by atoms with E-state index in [1.165, 1.54) is 28.6 Å². The lowest BCUT2D eigenvalue weighted by Crippen LogP contribution is -2.42. The van der Waals surface area contributed by atoms with Gasteiger partial charge in [0.2, 0.25) is 5.91 Å². The van der Waals surface area contributed by atoms with Crippen molar-refractivity contribution in [3.8, 4) is 11.4 Å². The molecule has 0 aliphatic heterocycles. The third kappa shape index (κ3) is 3.68. The standard InChI is InChI=1S/C20H19N7O4/c1-11-7-14(28)24-17(22-11)12-5-4-6-13(8-12)23-15(29)9-27-19(30)16-18(21-10-25(16)2)26(3)20(27)31/h4-8,10H,9H2,1-3H3,(H,23,29)(H,22,24,28). The number of H-pyrrole nitrogens is 1. The Morgan fingerprint density at radius 1 is 1.16 bits per heavy atom. The number of amides is 1. The number of nitrogens with zero attached hydrogens (tertiary/aromatic N) is 5. The van der Waals surface area contributed by atoms with Crippen molar-refractivity contribution in [3.05, 3.63) is 73.5 Å². The molecule has 0 aliphatic carbocycles. The Labute approximate surface area is 174 Å². The SMILES string of the molecule is Cc1cc(=O)[nH]c(-c2cccc(NC(=O)Cn3c(=O)c4c(ncn4C)n(C)c3=O)c2)n1. The maximum Gasteiger partial charge on any atom is 0.332 e. The minimum Gasteiger partial charge on any atom is -0.328 e. The predicted octanol–water partition coefficient (Wildman–Crippen LogP) is 0.131. The van der Waals surface area contributed by atoms with E-state index in [1.54, 1.807) is 38.2 Å². The number of aryl methyl sites for hydroxylation is 3. The van der Waals surface area contributed by atoms with Gasteiger partial charge in [-0.05, 0) is 19.1 Å². The van der Waals surface area contributed by atoms with Crippen LogP contribution in [0, 0.1) is 6.92 Å². The summed E-state index contributed by atoms with van der Waals surface area (Å²) in [6.07, 6.45) is 1.44. The summed E-state index contributed by atoms with van der Waals surface area (Å²) >= 11 is 0. The van der Waals surface area contributed by atoms with E-state index < -0.39 is 23.7 Å². The van der Waals surface area contributed by atoms with E-state index in [9.17, 15) is 19.2 Å². The van der Waals surface area contributed by atoms with Crippen LogP contribution < -0.4 is 22.1 Å². The predicted molar refractivity (Wildman–Crippen MR) is 114 cm³/mol. The van der Waals surface area contributed by atoms with Gasteiger partial charge >= 0.3 is 5.69 Å². The van der Waals surface area contributed by atoms with Crippen LogP contribution in [0.15, 0.2) is 51.0 Å². The van der Waals surface area contributed by atoms with Crippen LogP contribution in [-0.2, 0) is 25.4 Å². The van der Waals surface area contributed by atoms with Gasteiger partial charge in [-0.2, -0.15) is 0 Å². The molecule has 0 atom stereocenters. The van der Waals surface area contributed by atoms with Crippen LogP contribution in [-0.4, -0.2) is 34.6 Å². The molecule has 0 saturated carbocycles. The van der Waals surface area contributed by atoms with Crippen molar-refractivity contribution >= 4 is 22.8 Å². The second-order valence-electron chi connectivity index (χ2n) is 7.12. The quantitative estimate of drug-likeness (QED) is 0.481. The molecular formula is C20H19N7O4. The second kappa shape index (κ2) is 7.52. The zero-order chi connectivity index (χ0) is 22.3. The fourth-order valence-corrected chi connectivity index (χ4v) is 3.34. The number of aromatic amines is 1. The average molecular weight is 421 g/mol. The highest BCUT2D eigenvalue weighted by molar-refractivity contribution is 5.91. The first-order valence-electron chi connectivity index (χ1n) is 9.33. The van der Waals surface area contributed by atoms with E-state index in [2.05, 4.69) is 20.3 Å². The number of rotatable bonds is 4. The minimum atomic E-state index is -0.637.